The first-order chi connectivity index (χ1) is 12.4. The van der Waals surface area contributed by atoms with Crippen LogP contribution in [0.4, 0.5) is 0 Å². The van der Waals surface area contributed by atoms with E-state index in [4.69, 9.17) is 13.9 Å². The Balaban J connectivity index is 2.33. The molecule has 0 atom stereocenters. The topological polar surface area (TPSA) is 103 Å². The summed E-state index contributed by atoms with van der Waals surface area (Å²) in [5.74, 6) is -2.07. The van der Waals surface area contributed by atoms with E-state index in [0.717, 1.165) is 6.92 Å². The molecule has 0 radical (unpaired) electrons. The maximum Gasteiger partial charge on any atom is 0.308 e. The first-order valence-electron chi connectivity index (χ1n) is 7.63. The van der Waals surface area contributed by atoms with Gasteiger partial charge in [-0.15, -0.1) is 0 Å². The summed E-state index contributed by atoms with van der Waals surface area (Å²) in [4.78, 5) is 35.2. The van der Waals surface area contributed by atoms with E-state index in [2.05, 4.69) is 0 Å². The molecule has 3 aromatic rings. The molecule has 2 aromatic carbocycles. The third kappa shape index (κ3) is 3.27. The maximum absolute atomic E-state index is 12.6. The van der Waals surface area contributed by atoms with Crippen LogP contribution in [0.5, 0.6) is 17.2 Å². The van der Waals surface area contributed by atoms with Crippen LogP contribution in [0.2, 0.25) is 0 Å². The van der Waals surface area contributed by atoms with Crippen LogP contribution in [-0.4, -0.2) is 17.0 Å². The Morgan fingerprint density at radius 2 is 1.65 bits per heavy atom. The molecule has 0 fully saturated rings. The van der Waals surface area contributed by atoms with E-state index in [-0.39, 0.29) is 28.2 Å². The van der Waals surface area contributed by atoms with Gasteiger partial charge in [0.05, 0.1) is 0 Å². The van der Waals surface area contributed by atoms with Gasteiger partial charge in [0.2, 0.25) is 11.2 Å². The second kappa shape index (κ2) is 6.72. The highest BCUT2D eigenvalue weighted by atomic mass is 16.5. The van der Waals surface area contributed by atoms with Crippen LogP contribution in [0.25, 0.3) is 22.3 Å². The predicted octanol–water partition coefficient (Wildman–Crippen LogP) is 3.02. The molecule has 0 bridgehead atoms. The largest absolute Gasteiger partial charge is 0.502 e. The van der Waals surface area contributed by atoms with E-state index in [0.29, 0.717) is 5.56 Å². The molecule has 0 aliphatic heterocycles. The molecular weight excluding hydrogens is 340 g/mol. The minimum atomic E-state index is -0.768. The van der Waals surface area contributed by atoms with Crippen molar-refractivity contribution < 1.29 is 28.6 Å². The fourth-order valence-electron chi connectivity index (χ4n) is 2.50. The fourth-order valence-corrected chi connectivity index (χ4v) is 2.50. The molecule has 7 heteroatoms. The van der Waals surface area contributed by atoms with Gasteiger partial charge in [-0.25, -0.2) is 0 Å². The summed E-state index contributed by atoms with van der Waals surface area (Å²) in [6.45, 7) is 2.36. The first kappa shape index (κ1) is 17.2. The summed E-state index contributed by atoms with van der Waals surface area (Å²) in [6.07, 6.45) is 0. The minimum Gasteiger partial charge on any atom is -0.502 e. The number of carbonyl (C=O) groups is 2. The minimum absolute atomic E-state index is 0.00153. The van der Waals surface area contributed by atoms with Crippen molar-refractivity contribution in [3.8, 4) is 28.6 Å². The molecule has 3 rings (SSSR count). The average molecular weight is 354 g/mol. The quantitative estimate of drug-likeness (QED) is 0.569. The summed E-state index contributed by atoms with van der Waals surface area (Å²) in [5, 5.41) is 10.2. The van der Waals surface area contributed by atoms with Crippen LogP contribution in [0, 0.1) is 0 Å². The summed E-state index contributed by atoms with van der Waals surface area (Å²) < 4.78 is 15.7. The molecule has 1 heterocycles. The lowest BCUT2D eigenvalue weighted by Gasteiger charge is -2.11. The molecule has 0 aliphatic rings. The van der Waals surface area contributed by atoms with Crippen molar-refractivity contribution in [3.63, 3.8) is 0 Å². The van der Waals surface area contributed by atoms with Crippen molar-refractivity contribution in [2.24, 2.45) is 0 Å². The van der Waals surface area contributed by atoms with Gasteiger partial charge in [0.15, 0.2) is 5.76 Å². The summed E-state index contributed by atoms with van der Waals surface area (Å²) in [7, 11) is 0. The van der Waals surface area contributed by atoms with Crippen LogP contribution in [0.15, 0.2) is 51.7 Å². The zero-order valence-corrected chi connectivity index (χ0v) is 13.9. The van der Waals surface area contributed by atoms with Gasteiger partial charge in [0.1, 0.15) is 22.5 Å². The van der Waals surface area contributed by atoms with Gasteiger partial charge in [-0.2, -0.15) is 0 Å². The first-order valence-corrected chi connectivity index (χ1v) is 7.63. The number of hydrogen-bond donors (Lipinski definition) is 1. The maximum atomic E-state index is 12.6. The van der Waals surface area contributed by atoms with E-state index in [9.17, 15) is 19.5 Å². The van der Waals surface area contributed by atoms with Gasteiger partial charge in [0, 0.05) is 31.5 Å². The molecule has 0 saturated heterocycles. The van der Waals surface area contributed by atoms with Crippen molar-refractivity contribution in [1.29, 1.82) is 0 Å². The van der Waals surface area contributed by atoms with Crippen LogP contribution < -0.4 is 14.9 Å². The highest BCUT2D eigenvalue weighted by molar-refractivity contribution is 5.90. The summed E-state index contributed by atoms with van der Waals surface area (Å²) in [5.41, 5.74) is -0.284. The molecule has 1 aromatic heterocycles. The van der Waals surface area contributed by atoms with Gasteiger partial charge < -0.3 is 19.0 Å². The van der Waals surface area contributed by atoms with Crippen molar-refractivity contribution in [1.82, 2.24) is 0 Å². The van der Waals surface area contributed by atoms with Crippen LogP contribution in [-0.2, 0) is 9.59 Å². The highest BCUT2D eigenvalue weighted by Gasteiger charge is 2.21. The van der Waals surface area contributed by atoms with Crippen LogP contribution in [0.3, 0.4) is 0 Å². The normalized spacial score (nSPS) is 10.5. The number of carbonyl (C=O) groups excluding carboxylic acids is 2. The standard InChI is InChI=1S/C19H14O7/c1-10(20)24-13-8-14(25-11(2)21)16-15(9-13)26-19(18(23)17(16)22)12-6-4-3-5-7-12/h3-9,23H,1-2H3. The van der Waals surface area contributed by atoms with Crippen molar-refractivity contribution in [2.75, 3.05) is 0 Å². The Morgan fingerprint density at radius 1 is 1.00 bits per heavy atom. The van der Waals surface area contributed by atoms with Gasteiger partial charge >= 0.3 is 11.9 Å². The Morgan fingerprint density at radius 3 is 2.27 bits per heavy atom. The van der Waals surface area contributed by atoms with Gasteiger partial charge in [-0.3, -0.25) is 14.4 Å². The molecular formula is C19H14O7. The number of esters is 2. The molecule has 132 valence electrons. The van der Waals surface area contributed by atoms with Crippen molar-refractivity contribution in [3.05, 3.63) is 52.7 Å². The Bertz CT molecular complexity index is 1060. The van der Waals surface area contributed by atoms with Gasteiger partial charge in [0.25, 0.3) is 0 Å². The molecule has 0 unspecified atom stereocenters. The van der Waals surface area contributed by atoms with Gasteiger partial charge in [-0.1, -0.05) is 30.3 Å². The summed E-state index contributed by atoms with van der Waals surface area (Å²) in [6, 6.07) is 11.1. The second-order valence-electron chi connectivity index (χ2n) is 5.46. The number of fused-ring (bicyclic) bond motifs is 1. The number of benzene rings is 2. The number of aromatic hydroxyl groups is 1. The van der Waals surface area contributed by atoms with E-state index >= 15 is 0 Å². The third-order valence-corrected chi connectivity index (χ3v) is 3.46. The highest BCUT2D eigenvalue weighted by Crippen LogP contribution is 2.35. The Kier molecular flexibility index (Phi) is 4.45. The molecule has 0 saturated carbocycles. The fraction of sp³-hybridized carbons (Fsp3) is 0.105. The number of ether oxygens (including phenoxy) is 2. The SMILES string of the molecule is CC(=O)Oc1cc(OC(C)=O)c2c(=O)c(O)c(-c3ccccc3)oc2c1. The zero-order chi connectivity index (χ0) is 18.8. The second-order valence-corrected chi connectivity index (χ2v) is 5.46. The molecule has 7 nitrogen and oxygen atoms in total. The smallest absolute Gasteiger partial charge is 0.308 e. The molecule has 0 spiro atoms. The lowest BCUT2D eigenvalue weighted by molar-refractivity contribution is -0.132. The van der Waals surface area contributed by atoms with Crippen molar-refractivity contribution >= 4 is 22.9 Å². The van der Waals surface area contributed by atoms with E-state index in [1.54, 1.807) is 30.3 Å². The predicted molar refractivity (Wildman–Crippen MR) is 92.2 cm³/mol. The lowest BCUT2D eigenvalue weighted by Crippen LogP contribution is -2.09. The van der Waals surface area contributed by atoms with Crippen LogP contribution >= 0.6 is 0 Å². The average Bonchev–Trinajstić information content (AvgIpc) is 2.57. The van der Waals surface area contributed by atoms with Crippen LogP contribution in [0.1, 0.15) is 13.8 Å². The molecule has 0 aliphatic carbocycles. The summed E-state index contributed by atoms with van der Waals surface area (Å²) >= 11 is 0. The molecule has 1 N–H and O–H groups in total. The molecule has 0 amide bonds. The number of hydrogen-bond acceptors (Lipinski definition) is 7. The molecule has 26 heavy (non-hydrogen) atoms. The van der Waals surface area contributed by atoms with Crippen molar-refractivity contribution in [2.45, 2.75) is 13.8 Å². The Hall–Kier alpha value is -3.61. The van der Waals surface area contributed by atoms with Gasteiger partial charge in [-0.05, 0) is 0 Å². The van der Waals surface area contributed by atoms with E-state index < -0.39 is 23.1 Å². The zero-order valence-electron chi connectivity index (χ0n) is 13.9. The van der Waals surface area contributed by atoms with E-state index in [1.807, 2.05) is 0 Å². The van der Waals surface area contributed by atoms with E-state index in [1.165, 1.54) is 19.1 Å². The third-order valence-electron chi connectivity index (χ3n) is 3.46. The number of rotatable bonds is 3. The Labute approximate surface area is 147 Å². The lowest BCUT2D eigenvalue weighted by atomic mass is 10.1. The monoisotopic (exact) mass is 354 g/mol.